The number of benzene rings is 1. The minimum atomic E-state index is -0.195. The average Bonchev–Trinajstić information content (AvgIpc) is 3.29. The molecule has 2 aliphatic heterocycles. The van der Waals surface area contributed by atoms with Gasteiger partial charge in [-0.25, -0.2) is 14.4 Å². The molecule has 2 aromatic heterocycles. The van der Waals surface area contributed by atoms with Gasteiger partial charge in [-0.3, -0.25) is 0 Å². The van der Waals surface area contributed by atoms with Gasteiger partial charge in [0.05, 0.1) is 17.8 Å². The summed E-state index contributed by atoms with van der Waals surface area (Å²) in [5.74, 6) is 0.689. The lowest BCUT2D eigenvalue weighted by Crippen LogP contribution is -2.47. The van der Waals surface area contributed by atoms with Crippen molar-refractivity contribution in [2.24, 2.45) is 0 Å². The number of piperazine rings is 1. The molecule has 2 fully saturated rings. The topological polar surface area (TPSA) is 58.0 Å². The molecule has 0 amide bonds. The van der Waals surface area contributed by atoms with E-state index < -0.39 is 0 Å². The second-order valence-electron chi connectivity index (χ2n) is 5.96. The van der Waals surface area contributed by atoms with Gasteiger partial charge < -0.3 is 9.80 Å². The van der Waals surface area contributed by atoms with Crippen LogP contribution in [0.5, 0.6) is 0 Å². The maximum Gasteiger partial charge on any atom is 0.198 e. The standard InChI is InChI=1S/C15H13FN6S/c16-9-1-3-10(4-2-9)21-6-12-5-11(21)7-22(12)15-13-14(17-8-18-15)20-23-19-13/h1-4,8,11-12H,5-7H2/t11-,12-/m0/s1. The Morgan fingerprint density at radius 1 is 1.00 bits per heavy atom. The minimum absolute atomic E-state index is 0.195. The number of aromatic nitrogens is 4. The quantitative estimate of drug-likeness (QED) is 0.718. The molecule has 2 bridgehead atoms. The minimum Gasteiger partial charge on any atom is -0.365 e. The van der Waals surface area contributed by atoms with Crippen LogP contribution in [0.4, 0.5) is 15.9 Å². The normalized spacial score (nSPS) is 23.2. The molecule has 4 heterocycles. The van der Waals surface area contributed by atoms with Crippen molar-refractivity contribution >= 4 is 34.4 Å². The lowest BCUT2D eigenvalue weighted by molar-refractivity contribution is 0.623. The van der Waals surface area contributed by atoms with E-state index in [0.717, 1.165) is 36.5 Å². The third-order valence-corrected chi connectivity index (χ3v) is 5.23. The number of fused-ring (bicyclic) bond motifs is 3. The van der Waals surface area contributed by atoms with E-state index in [-0.39, 0.29) is 5.82 Å². The fraction of sp³-hybridized carbons (Fsp3) is 0.333. The Morgan fingerprint density at radius 2 is 1.78 bits per heavy atom. The molecule has 3 aromatic rings. The molecule has 0 unspecified atom stereocenters. The van der Waals surface area contributed by atoms with E-state index in [4.69, 9.17) is 0 Å². The summed E-state index contributed by atoms with van der Waals surface area (Å²) in [5.41, 5.74) is 2.54. The van der Waals surface area contributed by atoms with E-state index >= 15 is 0 Å². The first-order valence-corrected chi connectivity index (χ1v) is 8.25. The average molecular weight is 328 g/mol. The zero-order chi connectivity index (χ0) is 15.4. The third-order valence-electron chi connectivity index (χ3n) is 4.71. The Labute approximate surface area is 135 Å². The molecule has 8 heteroatoms. The fourth-order valence-corrected chi connectivity index (χ4v) is 4.19. The van der Waals surface area contributed by atoms with Crippen molar-refractivity contribution in [1.29, 1.82) is 0 Å². The largest absolute Gasteiger partial charge is 0.365 e. The van der Waals surface area contributed by atoms with E-state index in [9.17, 15) is 4.39 Å². The third kappa shape index (κ3) is 1.98. The lowest BCUT2D eigenvalue weighted by Gasteiger charge is -2.36. The number of hydrogen-bond acceptors (Lipinski definition) is 7. The SMILES string of the molecule is Fc1ccc(N2C[C@@H]3C[C@H]2CN3c2ncnc3nsnc23)cc1. The van der Waals surface area contributed by atoms with Crippen molar-refractivity contribution in [3.8, 4) is 0 Å². The van der Waals surface area contributed by atoms with Crippen LogP contribution in [0.2, 0.25) is 0 Å². The van der Waals surface area contributed by atoms with Crippen LogP contribution in [0.15, 0.2) is 30.6 Å². The van der Waals surface area contributed by atoms with Gasteiger partial charge in [-0.05, 0) is 30.7 Å². The molecule has 0 aliphatic carbocycles. The van der Waals surface area contributed by atoms with Gasteiger partial charge in [0.15, 0.2) is 17.0 Å². The second-order valence-corrected chi connectivity index (χ2v) is 6.49. The second kappa shape index (κ2) is 4.82. The van der Waals surface area contributed by atoms with Crippen molar-refractivity contribution < 1.29 is 4.39 Å². The van der Waals surface area contributed by atoms with Gasteiger partial charge in [0.1, 0.15) is 12.1 Å². The van der Waals surface area contributed by atoms with Crippen molar-refractivity contribution in [2.45, 2.75) is 18.5 Å². The number of hydrogen-bond donors (Lipinski definition) is 0. The summed E-state index contributed by atoms with van der Waals surface area (Å²) in [7, 11) is 0. The number of nitrogens with zero attached hydrogens (tertiary/aromatic N) is 6. The molecule has 23 heavy (non-hydrogen) atoms. The Balaban J connectivity index is 1.44. The molecule has 5 rings (SSSR count). The summed E-state index contributed by atoms with van der Waals surface area (Å²) in [4.78, 5) is 13.3. The molecule has 0 saturated carbocycles. The van der Waals surface area contributed by atoms with Crippen LogP contribution in [0, 0.1) is 5.82 Å². The van der Waals surface area contributed by atoms with Crippen LogP contribution in [0.25, 0.3) is 11.2 Å². The van der Waals surface area contributed by atoms with Crippen LogP contribution >= 0.6 is 11.7 Å². The highest BCUT2D eigenvalue weighted by molar-refractivity contribution is 7.00. The zero-order valence-corrected chi connectivity index (χ0v) is 12.9. The number of anilines is 2. The summed E-state index contributed by atoms with van der Waals surface area (Å²) >= 11 is 1.17. The van der Waals surface area contributed by atoms with Gasteiger partial charge in [-0.15, -0.1) is 0 Å². The molecule has 0 radical (unpaired) electrons. The summed E-state index contributed by atoms with van der Waals surface area (Å²) in [6.45, 7) is 1.81. The summed E-state index contributed by atoms with van der Waals surface area (Å²) < 4.78 is 21.6. The van der Waals surface area contributed by atoms with Crippen molar-refractivity contribution in [1.82, 2.24) is 18.7 Å². The first-order valence-electron chi connectivity index (χ1n) is 7.52. The predicted molar refractivity (Wildman–Crippen MR) is 86.3 cm³/mol. The van der Waals surface area contributed by atoms with Crippen LogP contribution in [0.3, 0.4) is 0 Å². The fourth-order valence-electron chi connectivity index (χ4n) is 3.69. The van der Waals surface area contributed by atoms with Crippen LogP contribution in [-0.2, 0) is 0 Å². The first kappa shape index (κ1) is 13.1. The monoisotopic (exact) mass is 328 g/mol. The van der Waals surface area contributed by atoms with Gasteiger partial charge in [0.25, 0.3) is 0 Å². The van der Waals surface area contributed by atoms with Gasteiger partial charge in [0.2, 0.25) is 0 Å². The first-order chi connectivity index (χ1) is 11.3. The van der Waals surface area contributed by atoms with Crippen molar-refractivity contribution in [3.63, 3.8) is 0 Å². The van der Waals surface area contributed by atoms with E-state index in [0.29, 0.717) is 17.7 Å². The van der Waals surface area contributed by atoms with Crippen LogP contribution in [-0.4, -0.2) is 43.9 Å². The van der Waals surface area contributed by atoms with Gasteiger partial charge in [0, 0.05) is 24.8 Å². The molecule has 0 spiro atoms. The highest BCUT2D eigenvalue weighted by atomic mass is 32.1. The highest BCUT2D eigenvalue weighted by Gasteiger charge is 2.44. The molecule has 2 atom stereocenters. The molecular formula is C15H13FN6S. The summed E-state index contributed by atoms with van der Waals surface area (Å²) in [6, 6.07) is 7.57. The molecule has 1 aromatic carbocycles. The van der Waals surface area contributed by atoms with E-state index in [1.54, 1.807) is 6.33 Å². The van der Waals surface area contributed by atoms with Gasteiger partial charge >= 0.3 is 0 Å². The van der Waals surface area contributed by atoms with Crippen LogP contribution < -0.4 is 9.80 Å². The Kier molecular flexibility index (Phi) is 2.75. The Hall–Kier alpha value is -2.35. The number of rotatable bonds is 2. The van der Waals surface area contributed by atoms with Gasteiger partial charge in [-0.2, -0.15) is 8.75 Å². The smallest absolute Gasteiger partial charge is 0.198 e. The van der Waals surface area contributed by atoms with Gasteiger partial charge in [-0.1, -0.05) is 0 Å². The number of halogens is 1. The molecule has 6 nitrogen and oxygen atoms in total. The molecule has 0 N–H and O–H groups in total. The maximum atomic E-state index is 13.1. The molecule has 2 saturated heterocycles. The molecule has 2 aliphatic rings. The highest BCUT2D eigenvalue weighted by Crippen LogP contribution is 2.38. The molecule has 116 valence electrons. The molecular weight excluding hydrogens is 315 g/mol. The lowest BCUT2D eigenvalue weighted by atomic mass is 10.2. The van der Waals surface area contributed by atoms with E-state index in [1.165, 1.54) is 23.9 Å². The Bertz CT molecular complexity index is 866. The van der Waals surface area contributed by atoms with Crippen molar-refractivity contribution in [3.05, 3.63) is 36.4 Å². The van der Waals surface area contributed by atoms with Crippen LogP contribution in [0.1, 0.15) is 6.42 Å². The van der Waals surface area contributed by atoms with E-state index in [2.05, 4.69) is 28.5 Å². The zero-order valence-electron chi connectivity index (χ0n) is 12.1. The maximum absolute atomic E-state index is 13.1. The van der Waals surface area contributed by atoms with Crippen molar-refractivity contribution in [2.75, 3.05) is 22.9 Å². The predicted octanol–water partition coefficient (Wildman–Crippen LogP) is 2.09. The summed E-state index contributed by atoms with van der Waals surface area (Å²) in [6.07, 6.45) is 2.64. The van der Waals surface area contributed by atoms with E-state index in [1.807, 2.05) is 12.1 Å². The Morgan fingerprint density at radius 3 is 2.57 bits per heavy atom. The summed E-state index contributed by atoms with van der Waals surface area (Å²) in [5, 5.41) is 0.